The first-order valence-corrected chi connectivity index (χ1v) is 17.8. The van der Waals surface area contributed by atoms with Crippen LogP contribution in [-0.2, 0) is 36.2 Å². The monoisotopic (exact) mass is 716 g/mol. The minimum atomic E-state index is -4.40. The molecule has 5 rings (SSSR count). The van der Waals surface area contributed by atoms with Crippen LogP contribution in [-0.4, -0.2) is 51.4 Å². The minimum Gasteiger partial charge on any atom is -0.336 e. The molecule has 0 N–H and O–H groups in total. The summed E-state index contributed by atoms with van der Waals surface area (Å²) >= 11 is 1.31. The lowest BCUT2D eigenvalue weighted by molar-refractivity contribution is -0.137. The Morgan fingerprint density at radius 1 is 0.784 bits per heavy atom. The highest BCUT2D eigenvalue weighted by Gasteiger charge is 2.30. The van der Waals surface area contributed by atoms with Crippen molar-refractivity contribution in [2.45, 2.75) is 50.4 Å². The van der Waals surface area contributed by atoms with Crippen LogP contribution in [0.15, 0.2) is 119 Å². The number of amides is 1. The fourth-order valence-corrected chi connectivity index (χ4v) is 6.55. The quantitative estimate of drug-likeness (QED) is 0.0620. The van der Waals surface area contributed by atoms with E-state index in [1.165, 1.54) is 36.0 Å². The lowest BCUT2D eigenvalue weighted by Gasteiger charge is -2.27. The van der Waals surface area contributed by atoms with Gasteiger partial charge in [-0.05, 0) is 65.2 Å². The van der Waals surface area contributed by atoms with Crippen molar-refractivity contribution in [3.63, 3.8) is 0 Å². The molecule has 0 spiro atoms. The van der Waals surface area contributed by atoms with Gasteiger partial charge in [-0.1, -0.05) is 104 Å². The smallest absolute Gasteiger partial charge is 0.336 e. The summed E-state index contributed by atoms with van der Waals surface area (Å²) in [5, 5.41) is 0.388. The highest BCUT2D eigenvalue weighted by atomic mass is 32.2. The number of rotatable bonds is 15. The van der Waals surface area contributed by atoms with Gasteiger partial charge in [0.15, 0.2) is 5.16 Å². The van der Waals surface area contributed by atoms with E-state index in [-0.39, 0.29) is 23.8 Å². The molecule has 266 valence electrons. The van der Waals surface area contributed by atoms with E-state index in [4.69, 9.17) is 0 Å². The molecule has 0 aliphatic carbocycles. The maximum Gasteiger partial charge on any atom is 0.416 e. The summed E-state index contributed by atoms with van der Waals surface area (Å²) in [6.45, 7) is 7.19. The van der Waals surface area contributed by atoms with Crippen molar-refractivity contribution < 1.29 is 22.4 Å². The first-order valence-electron chi connectivity index (χ1n) is 16.8. The SMILES string of the molecule is CCN(CC)CCN(Cc1ccc(-c2ccc(C(F)(F)F)cc2)cc1)C(=O)Cn1cc(Cc2ccccc2)c(=O)nc1SCc1ccc(F)cc1. The molecule has 0 unspecified atom stereocenters. The molecule has 0 saturated carbocycles. The van der Waals surface area contributed by atoms with Gasteiger partial charge in [0.05, 0.1) is 5.56 Å². The van der Waals surface area contributed by atoms with Gasteiger partial charge < -0.3 is 14.4 Å². The van der Waals surface area contributed by atoms with E-state index in [0.29, 0.717) is 48.1 Å². The molecule has 11 heteroatoms. The van der Waals surface area contributed by atoms with Crippen molar-refractivity contribution >= 4 is 17.7 Å². The number of likely N-dealkylation sites (N-methyl/N-ethyl adjacent to an activating group) is 1. The molecular formula is C40H40F4N4O2S. The summed E-state index contributed by atoms with van der Waals surface area (Å²) in [5.74, 6) is -0.0713. The van der Waals surface area contributed by atoms with Gasteiger partial charge in [0.25, 0.3) is 5.56 Å². The normalized spacial score (nSPS) is 11.6. The predicted octanol–water partition coefficient (Wildman–Crippen LogP) is 8.32. The molecule has 0 bridgehead atoms. The van der Waals surface area contributed by atoms with Gasteiger partial charge in [0.1, 0.15) is 12.4 Å². The highest BCUT2D eigenvalue weighted by molar-refractivity contribution is 7.98. The molecule has 4 aromatic carbocycles. The zero-order valence-corrected chi connectivity index (χ0v) is 29.4. The van der Waals surface area contributed by atoms with E-state index in [9.17, 15) is 27.2 Å². The number of hydrogen-bond acceptors (Lipinski definition) is 5. The van der Waals surface area contributed by atoms with Crippen molar-refractivity contribution in [1.29, 1.82) is 0 Å². The first kappa shape index (κ1) is 37.5. The number of benzene rings is 4. The molecule has 0 aliphatic rings. The molecule has 1 amide bonds. The van der Waals surface area contributed by atoms with Crippen LogP contribution in [0.4, 0.5) is 17.6 Å². The van der Waals surface area contributed by atoms with Crippen molar-refractivity contribution in [3.8, 4) is 11.1 Å². The summed E-state index contributed by atoms with van der Waals surface area (Å²) in [6, 6.07) is 28.2. The van der Waals surface area contributed by atoms with Gasteiger partial charge >= 0.3 is 6.18 Å². The summed E-state index contributed by atoms with van der Waals surface area (Å²) in [4.78, 5) is 35.8. The van der Waals surface area contributed by atoms with Gasteiger partial charge in [0.2, 0.25) is 5.91 Å². The van der Waals surface area contributed by atoms with E-state index < -0.39 is 11.7 Å². The molecule has 0 fully saturated rings. The fraction of sp³-hybridized carbons (Fsp3) is 0.275. The van der Waals surface area contributed by atoms with Crippen LogP contribution < -0.4 is 5.56 Å². The molecule has 0 radical (unpaired) electrons. The zero-order valence-electron chi connectivity index (χ0n) is 28.6. The Morgan fingerprint density at radius 2 is 1.39 bits per heavy atom. The van der Waals surface area contributed by atoms with Crippen LogP contribution in [0.1, 0.15) is 41.7 Å². The lowest BCUT2D eigenvalue weighted by atomic mass is 10.0. The van der Waals surface area contributed by atoms with E-state index >= 15 is 0 Å². The molecule has 51 heavy (non-hydrogen) atoms. The van der Waals surface area contributed by atoms with E-state index in [0.717, 1.165) is 47.5 Å². The van der Waals surface area contributed by atoms with Crippen LogP contribution in [0.25, 0.3) is 11.1 Å². The number of carbonyl (C=O) groups excluding carboxylic acids is 1. The van der Waals surface area contributed by atoms with Crippen molar-refractivity contribution in [2.75, 3.05) is 26.2 Å². The van der Waals surface area contributed by atoms with E-state index in [2.05, 4.69) is 23.7 Å². The Kier molecular flexibility index (Phi) is 12.8. The highest BCUT2D eigenvalue weighted by Crippen LogP contribution is 2.31. The first-order chi connectivity index (χ1) is 24.5. The van der Waals surface area contributed by atoms with E-state index in [1.807, 2.05) is 54.6 Å². The van der Waals surface area contributed by atoms with Crippen LogP contribution in [0.3, 0.4) is 0 Å². The van der Waals surface area contributed by atoms with Crippen molar-refractivity contribution in [3.05, 3.63) is 153 Å². The standard InChI is InChI=1S/C40H40F4N4O2S/c1-3-46(4-2)22-23-47(25-30-10-14-32(15-11-30)33-16-18-35(19-17-33)40(42,43)44)37(49)27-48-26-34(24-29-8-6-5-7-9-29)38(50)45-39(48)51-28-31-12-20-36(41)21-13-31/h5-21,26H,3-4,22-25,27-28H2,1-2H3. The van der Waals surface area contributed by atoms with Crippen LogP contribution >= 0.6 is 11.8 Å². The largest absolute Gasteiger partial charge is 0.416 e. The minimum absolute atomic E-state index is 0.0529. The van der Waals surface area contributed by atoms with Crippen LogP contribution in [0.2, 0.25) is 0 Å². The summed E-state index contributed by atoms with van der Waals surface area (Å²) < 4.78 is 54.4. The average Bonchev–Trinajstić information content (AvgIpc) is 3.13. The molecule has 0 aliphatic heterocycles. The number of alkyl halides is 3. The Hall–Kier alpha value is -4.74. The topological polar surface area (TPSA) is 58.4 Å². The average molecular weight is 717 g/mol. The molecule has 1 aromatic heterocycles. The van der Waals surface area contributed by atoms with Gasteiger partial charge in [-0.2, -0.15) is 18.2 Å². The number of aromatic nitrogens is 2. The maximum absolute atomic E-state index is 14.2. The molecule has 0 saturated heterocycles. The zero-order chi connectivity index (χ0) is 36.4. The second-order valence-electron chi connectivity index (χ2n) is 12.2. The Morgan fingerprint density at radius 3 is 2.00 bits per heavy atom. The Bertz CT molecular complexity index is 1930. The molecule has 5 aromatic rings. The third kappa shape index (κ3) is 10.6. The molecule has 1 heterocycles. The van der Waals surface area contributed by atoms with Crippen LogP contribution in [0.5, 0.6) is 0 Å². The van der Waals surface area contributed by atoms with Gasteiger partial charge in [-0.25, -0.2) is 4.39 Å². The third-order valence-electron chi connectivity index (χ3n) is 8.66. The van der Waals surface area contributed by atoms with E-state index in [1.54, 1.807) is 27.8 Å². The molecule has 0 atom stereocenters. The van der Waals surface area contributed by atoms with Crippen molar-refractivity contribution in [2.24, 2.45) is 0 Å². The second-order valence-corrected chi connectivity index (χ2v) is 13.1. The summed E-state index contributed by atoms with van der Waals surface area (Å²) in [7, 11) is 0. The lowest BCUT2D eigenvalue weighted by Crippen LogP contribution is -2.40. The maximum atomic E-state index is 14.2. The number of thioether (sulfide) groups is 1. The summed E-state index contributed by atoms with van der Waals surface area (Å²) in [6.07, 6.45) is -2.32. The predicted molar refractivity (Wildman–Crippen MR) is 194 cm³/mol. The third-order valence-corrected chi connectivity index (χ3v) is 9.72. The Labute approximate surface area is 299 Å². The molecular weight excluding hydrogens is 677 g/mol. The van der Waals surface area contributed by atoms with Gasteiger partial charge in [-0.3, -0.25) is 9.59 Å². The number of carbonyl (C=O) groups is 1. The van der Waals surface area contributed by atoms with Crippen LogP contribution in [0, 0.1) is 5.82 Å². The van der Waals surface area contributed by atoms with Crippen molar-refractivity contribution in [1.82, 2.24) is 19.4 Å². The number of hydrogen-bond donors (Lipinski definition) is 0. The summed E-state index contributed by atoms with van der Waals surface area (Å²) in [5.41, 5.74) is 3.49. The number of halogens is 4. The van der Waals surface area contributed by atoms with Gasteiger partial charge in [0, 0.05) is 43.6 Å². The number of nitrogens with zero attached hydrogens (tertiary/aromatic N) is 4. The second kappa shape index (κ2) is 17.5. The fourth-order valence-electron chi connectivity index (χ4n) is 5.63. The Balaban J connectivity index is 1.40. The molecule has 6 nitrogen and oxygen atoms in total. The van der Waals surface area contributed by atoms with Gasteiger partial charge in [-0.15, -0.1) is 0 Å².